The monoisotopic (exact) mass is 377 g/mol. The molecule has 0 aliphatic carbocycles. The van der Waals surface area contributed by atoms with Gasteiger partial charge in [-0.3, -0.25) is 9.59 Å². The SMILES string of the molecule is CC(Sc1nnc(-c2cccs2)n1C)C(=O)O.C[C@@H](Cl)C(=O)O. The van der Waals surface area contributed by atoms with Crippen LogP contribution >= 0.6 is 34.7 Å². The number of thiophene rings is 1. The lowest BCUT2D eigenvalue weighted by molar-refractivity contribution is -0.137. The van der Waals surface area contributed by atoms with Crippen molar-refractivity contribution in [3.05, 3.63) is 17.5 Å². The number of carboxylic acid groups (broad SMARTS) is 2. The maximum Gasteiger partial charge on any atom is 0.321 e. The van der Waals surface area contributed by atoms with E-state index >= 15 is 0 Å². The van der Waals surface area contributed by atoms with Crippen molar-refractivity contribution in [2.24, 2.45) is 7.05 Å². The van der Waals surface area contributed by atoms with Crippen LogP contribution in [0.5, 0.6) is 0 Å². The lowest BCUT2D eigenvalue weighted by Crippen LogP contribution is -2.12. The van der Waals surface area contributed by atoms with Crippen LogP contribution in [0.3, 0.4) is 0 Å². The van der Waals surface area contributed by atoms with Crippen LogP contribution in [0.15, 0.2) is 22.7 Å². The van der Waals surface area contributed by atoms with Gasteiger partial charge >= 0.3 is 11.9 Å². The highest BCUT2D eigenvalue weighted by Gasteiger charge is 2.18. The summed E-state index contributed by atoms with van der Waals surface area (Å²) in [4.78, 5) is 21.4. The molecule has 2 aromatic heterocycles. The molecule has 0 radical (unpaired) electrons. The van der Waals surface area contributed by atoms with Crippen molar-refractivity contribution in [1.82, 2.24) is 14.8 Å². The fourth-order valence-corrected chi connectivity index (χ4v) is 2.74. The van der Waals surface area contributed by atoms with Crippen LogP contribution in [0.25, 0.3) is 10.7 Å². The van der Waals surface area contributed by atoms with E-state index < -0.39 is 22.6 Å². The zero-order valence-corrected chi connectivity index (χ0v) is 15.0. The summed E-state index contributed by atoms with van der Waals surface area (Å²) < 4.78 is 1.82. The molecule has 0 bridgehead atoms. The number of hydrogen-bond donors (Lipinski definition) is 2. The van der Waals surface area contributed by atoms with E-state index in [4.69, 9.17) is 21.8 Å². The highest BCUT2D eigenvalue weighted by Crippen LogP contribution is 2.27. The Kier molecular flexibility index (Phi) is 7.53. The van der Waals surface area contributed by atoms with Crippen molar-refractivity contribution >= 4 is 46.6 Å². The number of carboxylic acids is 2. The lowest BCUT2D eigenvalue weighted by Gasteiger charge is -2.05. The molecule has 0 amide bonds. The van der Waals surface area contributed by atoms with Gasteiger partial charge in [0.15, 0.2) is 11.0 Å². The molecule has 0 saturated heterocycles. The molecule has 0 saturated carbocycles. The van der Waals surface area contributed by atoms with Crippen molar-refractivity contribution in [1.29, 1.82) is 0 Å². The molecule has 2 N–H and O–H groups in total. The van der Waals surface area contributed by atoms with E-state index in [-0.39, 0.29) is 0 Å². The van der Waals surface area contributed by atoms with Crippen molar-refractivity contribution in [3.8, 4) is 10.7 Å². The zero-order chi connectivity index (χ0) is 17.6. The Bertz CT molecular complexity index is 658. The molecule has 2 rings (SSSR count). The average molecular weight is 378 g/mol. The largest absolute Gasteiger partial charge is 0.480 e. The van der Waals surface area contributed by atoms with Gasteiger partial charge in [-0.05, 0) is 25.3 Å². The number of thioether (sulfide) groups is 1. The Morgan fingerprint density at radius 2 is 1.91 bits per heavy atom. The van der Waals surface area contributed by atoms with Crippen LogP contribution in [-0.2, 0) is 16.6 Å². The molecule has 10 heteroatoms. The predicted octanol–water partition coefficient (Wildman–Crippen LogP) is 2.81. The predicted molar refractivity (Wildman–Crippen MR) is 90.2 cm³/mol. The zero-order valence-electron chi connectivity index (χ0n) is 12.6. The number of hydrogen-bond acceptors (Lipinski definition) is 6. The van der Waals surface area contributed by atoms with Crippen molar-refractivity contribution in [2.45, 2.75) is 29.6 Å². The first kappa shape index (κ1) is 19.5. The van der Waals surface area contributed by atoms with Crippen LogP contribution in [0.2, 0.25) is 0 Å². The summed E-state index contributed by atoms with van der Waals surface area (Å²) in [5.41, 5.74) is 0. The summed E-state index contributed by atoms with van der Waals surface area (Å²) in [6.07, 6.45) is 0. The molecule has 0 aromatic carbocycles. The Morgan fingerprint density at radius 3 is 2.35 bits per heavy atom. The van der Waals surface area contributed by atoms with Crippen LogP contribution in [-0.4, -0.2) is 47.5 Å². The number of aliphatic carboxylic acids is 2. The van der Waals surface area contributed by atoms with E-state index in [1.54, 1.807) is 18.3 Å². The molecule has 0 aliphatic rings. The number of carbonyl (C=O) groups is 2. The van der Waals surface area contributed by atoms with Crippen LogP contribution < -0.4 is 0 Å². The molecule has 2 heterocycles. The summed E-state index contributed by atoms with van der Waals surface area (Å²) in [5.74, 6) is -1.06. The normalized spacial score (nSPS) is 12.9. The van der Waals surface area contributed by atoms with Gasteiger partial charge in [-0.25, -0.2) is 0 Å². The van der Waals surface area contributed by atoms with Gasteiger partial charge in [0.2, 0.25) is 0 Å². The minimum Gasteiger partial charge on any atom is -0.480 e. The first-order valence-electron chi connectivity index (χ1n) is 6.43. The Hall–Kier alpha value is -1.58. The van der Waals surface area contributed by atoms with Crippen LogP contribution in [0, 0.1) is 0 Å². The smallest absolute Gasteiger partial charge is 0.321 e. The molecule has 0 aliphatic heterocycles. The summed E-state index contributed by atoms with van der Waals surface area (Å²) in [6, 6.07) is 3.91. The number of halogens is 1. The van der Waals surface area contributed by atoms with Gasteiger partial charge in [-0.2, -0.15) is 0 Å². The van der Waals surface area contributed by atoms with Crippen LogP contribution in [0.1, 0.15) is 13.8 Å². The van der Waals surface area contributed by atoms with Gasteiger partial charge in [0.1, 0.15) is 10.6 Å². The van der Waals surface area contributed by atoms with Gasteiger partial charge < -0.3 is 14.8 Å². The van der Waals surface area contributed by atoms with Crippen molar-refractivity contribution in [3.63, 3.8) is 0 Å². The highest BCUT2D eigenvalue weighted by molar-refractivity contribution is 8.00. The van der Waals surface area contributed by atoms with Crippen LogP contribution in [0.4, 0.5) is 0 Å². The van der Waals surface area contributed by atoms with E-state index in [0.29, 0.717) is 5.16 Å². The maximum absolute atomic E-state index is 10.8. The van der Waals surface area contributed by atoms with E-state index in [0.717, 1.165) is 10.7 Å². The summed E-state index contributed by atoms with van der Waals surface area (Å²) in [7, 11) is 1.84. The minimum atomic E-state index is -0.975. The fraction of sp³-hybridized carbons (Fsp3) is 0.385. The van der Waals surface area contributed by atoms with Crippen molar-refractivity contribution < 1.29 is 19.8 Å². The third kappa shape index (κ3) is 5.85. The molecule has 7 nitrogen and oxygen atoms in total. The summed E-state index contributed by atoms with van der Waals surface area (Å²) >= 11 is 7.78. The second-order valence-electron chi connectivity index (χ2n) is 4.40. The molecule has 1 unspecified atom stereocenters. The number of aromatic nitrogens is 3. The van der Waals surface area contributed by atoms with Gasteiger partial charge in [0.25, 0.3) is 0 Å². The maximum atomic E-state index is 10.8. The molecular weight excluding hydrogens is 362 g/mol. The van der Waals surface area contributed by atoms with E-state index in [2.05, 4.69) is 10.2 Å². The van der Waals surface area contributed by atoms with E-state index in [1.165, 1.54) is 18.7 Å². The number of nitrogens with zero attached hydrogens (tertiary/aromatic N) is 3. The molecule has 2 aromatic rings. The Morgan fingerprint density at radius 1 is 1.30 bits per heavy atom. The number of alkyl halides is 1. The third-order valence-corrected chi connectivity index (χ3v) is 4.72. The van der Waals surface area contributed by atoms with Gasteiger partial charge in [-0.15, -0.1) is 33.1 Å². The molecule has 2 atom stereocenters. The fourth-order valence-electron chi connectivity index (χ4n) is 1.25. The van der Waals surface area contributed by atoms with Gasteiger partial charge in [-0.1, -0.05) is 17.8 Å². The molecular formula is C13H16ClN3O4S2. The quantitative estimate of drug-likeness (QED) is 0.609. The first-order valence-corrected chi connectivity index (χ1v) is 8.63. The molecule has 0 spiro atoms. The molecule has 0 fully saturated rings. The summed E-state index contributed by atoms with van der Waals surface area (Å²) in [5, 5.41) is 26.1. The van der Waals surface area contributed by atoms with Gasteiger partial charge in [0.05, 0.1) is 4.88 Å². The summed E-state index contributed by atoms with van der Waals surface area (Å²) in [6.45, 7) is 3.04. The lowest BCUT2D eigenvalue weighted by atomic mass is 10.4. The van der Waals surface area contributed by atoms with E-state index in [9.17, 15) is 9.59 Å². The number of rotatable bonds is 5. The van der Waals surface area contributed by atoms with Crippen molar-refractivity contribution in [2.75, 3.05) is 0 Å². The Labute approximate surface area is 146 Å². The Balaban J connectivity index is 0.000000379. The topological polar surface area (TPSA) is 105 Å². The highest BCUT2D eigenvalue weighted by atomic mass is 35.5. The van der Waals surface area contributed by atoms with Gasteiger partial charge in [0, 0.05) is 7.05 Å². The molecule has 23 heavy (non-hydrogen) atoms. The first-order chi connectivity index (χ1) is 10.7. The minimum absolute atomic E-state index is 0.533. The third-order valence-electron chi connectivity index (χ3n) is 2.55. The average Bonchev–Trinajstić information content (AvgIpc) is 3.10. The standard InChI is InChI=1S/C10H11N3O2S2.C3H5ClO2/c1-6(9(14)15)17-10-12-11-8(13(10)2)7-4-3-5-16-7;1-2(4)3(5)6/h3-6H,1-2H3,(H,14,15);2H,1H3,(H,5,6)/t;2-/m.1/s1. The molecule has 126 valence electrons. The second kappa shape index (κ2) is 8.90. The second-order valence-corrected chi connectivity index (χ2v) is 7.31. The van der Waals surface area contributed by atoms with E-state index in [1.807, 2.05) is 29.1 Å².